The Morgan fingerprint density at radius 1 is 1.16 bits per heavy atom. The quantitative estimate of drug-likeness (QED) is 0.642. The van der Waals surface area contributed by atoms with Crippen LogP contribution in [-0.2, 0) is 6.54 Å². The summed E-state index contributed by atoms with van der Waals surface area (Å²) in [5, 5.41) is 1.27. The van der Waals surface area contributed by atoms with E-state index in [0.29, 0.717) is 5.92 Å². The molecule has 2 aromatic rings. The first-order chi connectivity index (χ1) is 11.9. The highest BCUT2D eigenvalue weighted by Crippen LogP contribution is 2.33. The van der Waals surface area contributed by atoms with Crippen LogP contribution in [0.4, 0.5) is 0 Å². The molecule has 0 spiro atoms. The zero-order chi connectivity index (χ0) is 18.0. The molecular weight excluding hydrogens is 324 g/mol. The third kappa shape index (κ3) is 4.51. The van der Waals surface area contributed by atoms with Crippen molar-refractivity contribution in [3.05, 3.63) is 40.5 Å². The van der Waals surface area contributed by atoms with Gasteiger partial charge in [-0.1, -0.05) is 52.0 Å². The highest BCUT2D eigenvalue weighted by atomic mass is 32.1. The summed E-state index contributed by atoms with van der Waals surface area (Å²) in [5.41, 5.74) is 3.91. The van der Waals surface area contributed by atoms with Crippen LogP contribution in [0, 0.1) is 18.8 Å². The first kappa shape index (κ1) is 18.6. The van der Waals surface area contributed by atoms with Crippen molar-refractivity contribution in [3.63, 3.8) is 0 Å². The summed E-state index contributed by atoms with van der Waals surface area (Å²) in [4.78, 5) is 8.82. The van der Waals surface area contributed by atoms with E-state index in [0.717, 1.165) is 18.4 Å². The van der Waals surface area contributed by atoms with Gasteiger partial charge in [-0.15, -0.1) is 11.3 Å². The van der Waals surface area contributed by atoms with Crippen LogP contribution in [0.5, 0.6) is 0 Å². The molecule has 0 saturated carbocycles. The average Bonchev–Trinajstić information content (AvgIpc) is 2.95. The summed E-state index contributed by atoms with van der Waals surface area (Å²) in [6.07, 6.45) is 2.68. The lowest BCUT2D eigenvalue weighted by Gasteiger charge is -2.33. The summed E-state index contributed by atoms with van der Waals surface area (Å²) in [6.45, 7) is 14.8. The van der Waals surface area contributed by atoms with E-state index in [1.165, 1.54) is 52.6 Å². The molecule has 1 aliphatic heterocycles. The second kappa shape index (κ2) is 8.01. The molecule has 1 aliphatic rings. The van der Waals surface area contributed by atoms with Gasteiger partial charge in [0, 0.05) is 0 Å². The van der Waals surface area contributed by atoms with E-state index in [1.807, 2.05) is 11.3 Å². The van der Waals surface area contributed by atoms with Gasteiger partial charge in [-0.3, -0.25) is 4.90 Å². The fraction of sp³-hybridized carbons (Fsp3) is 0.591. The van der Waals surface area contributed by atoms with Crippen molar-refractivity contribution in [2.45, 2.75) is 59.9 Å². The van der Waals surface area contributed by atoms with Crippen LogP contribution in [0.15, 0.2) is 24.3 Å². The Kier molecular flexibility index (Phi) is 5.96. The van der Waals surface area contributed by atoms with Gasteiger partial charge in [0.15, 0.2) is 0 Å². The van der Waals surface area contributed by atoms with Crippen molar-refractivity contribution in [2.75, 3.05) is 13.1 Å². The number of rotatable bonds is 5. The first-order valence-corrected chi connectivity index (χ1v) is 10.5. The molecule has 0 unspecified atom stereocenters. The van der Waals surface area contributed by atoms with Crippen LogP contribution in [0.25, 0.3) is 10.4 Å². The van der Waals surface area contributed by atoms with Gasteiger partial charge in [0.25, 0.3) is 0 Å². The monoisotopic (exact) mass is 356 g/mol. The van der Waals surface area contributed by atoms with Crippen molar-refractivity contribution in [2.24, 2.45) is 11.8 Å². The van der Waals surface area contributed by atoms with Gasteiger partial charge in [0.05, 0.1) is 17.1 Å². The molecule has 3 heteroatoms. The minimum atomic E-state index is 0.565. The minimum absolute atomic E-state index is 0.565. The number of likely N-dealkylation sites (tertiary alicyclic amines) is 1. The van der Waals surface area contributed by atoms with E-state index in [4.69, 9.17) is 4.98 Å². The van der Waals surface area contributed by atoms with Gasteiger partial charge in [0.2, 0.25) is 0 Å². The van der Waals surface area contributed by atoms with Crippen molar-refractivity contribution < 1.29 is 0 Å². The Balaban J connectivity index is 1.70. The largest absolute Gasteiger partial charge is 0.297 e. The highest BCUT2D eigenvalue weighted by molar-refractivity contribution is 7.15. The van der Waals surface area contributed by atoms with Crippen LogP contribution in [-0.4, -0.2) is 23.0 Å². The normalized spacial score (nSPS) is 16.9. The molecule has 1 aromatic carbocycles. The molecule has 0 N–H and O–H groups in total. The topological polar surface area (TPSA) is 16.1 Å². The van der Waals surface area contributed by atoms with Crippen molar-refractivity contribution in [1.29, 1.82) is 0 Å². The first-order valence-electron chi connectivity index (χ1n) is 9.73. The Morgan fingerprint density at radius 2 is 1.88 bits per heavy atom. The van der Waals surface area contributed by atoms with E-state index in [2.05, 4.69) is 63.8 Å². The van der Waals surface area contributed by atoms with Crippen LogP contribution >= 0.6 is 11.3 Å². The van der Waals surface area contributed by atoms with Gasteiger partial charge in [-0.2, -0.15) is 0 Å². The summed E-state index contributed by atoms with van der Waals surface area (Å²) in [5.74, 6) is 2.29. The zero-order valence-electron chi connectivity index (χ0n) is 16.4. The van der Waals surface area contributed by atoms with E-state index >= 15 is 0 Å². The number of benzene rings is 1. The number of hydrogen-bond donors (Lipinski definition) is 0. The maximum atomic E-state index is 4.89. The molecule has 2 heterocycles. The van der Waals surface area contributed by atoms with E-state index in [9.17, 15) is 0 Å². The van der Waals surface area contributed by atoms with Gasteiger partial charge < -0.3 is 0 Å². The standard InChI is InChI=1S/C22H32N2S/c1-15(2)18-9-11-24(12-10-18)14-21-23-17(5)22(25-21)20-8-6-7-19(13-20)16(3)4/h6-8,13,15-16,18H,9-12,14H2,1-5H3. The third-order valence-corrected chi connectivity index (χ3v) is 6.78. The molecule has 1 saturated heterocycles. The van der Waals surface area contributed by atoms with Gasteiger partial charge in [-0.25, -0.2) is 4.98 Å². The molecule has 1 aromatic heterocycles. The molecule has 0 atom stereocenters. The lowest BCUT2D eigenvalue weighted by Crippen LogP contribution is -2.34. The number of piperidine rings is 1. The number of aromatic nitrogens is 1. The average molecular weight is 357 g/mol. The lowest BCUT2D eigenvalue weighted by molar-refractivity contribution is 0.152. The highest BCUT2D eigenvalue weighted by Gasteiger charge is 2.22. The molecule has 3 rings (SSSR count). The van der Waals surface area contributed by atoms with Gasteiger partial charge in [-0.05, 0) is 61.7 Å². The van der Waals surface area contributed by atoms with Gasteiger partial charge >= 0.3 is 0 Å². The van der Waals surface area contributed by atoms with Crippen LogP contribution < -0.4 is 0 Å². The maximum Gasteiger partial charge on any atom is 0.107 e. The summed E-state index contributed by atoms with van der Waals surface area (Å²) in [7, 11) is 0. The number of aryl methyl sites for hydroxylation is 1. The second-order valence-electron chi connectivity index (χ2n) is 8.16. The van der Waals surface area contributed by atoms with Gasteiger partial charge in [0.1, 0.15) is 5.01 Å². The Morgan fingerprint density at radius 3 is 2.52 bits per heavy atom. The fourth-order valence-electron chi connectivity index (χ4n) is 3.80. The van der Waals surface area contributed by atoms with Crippen LogP contribution in [0.2, 0.25) is 0 Å². The van der Waals surface area contributed by atoms with Crippen molar-refractivity contribution in [1.82, 2.24) is 9.88 Å². The summed E-state index contributed by atoms with van der Waals surface area (Å²) < 4.78 is 0. The molecule has 0 bridgehead atoms. The number of thiazole rings is 1. The Labute approximate surface area is 157 Å². The molecule has 25 heavy (non-hydrogen) atoms. The smallest absolute Gasteiger partial charge is 0.107 e. The van der Waals surface area contributed by atoms with Crippen molar-refractivity contribution >= 4 is 11.3 Å². The predicted octanol–water partition coefficient (Wildman–Crippen LogP) is 6.11. The minimum Gasteiger partial charge on any atom is -0.297 e. The molecule has 0 amide bonds. The zero-order valence-corrected chi connectivity index (χ0v) is 17.2. The fourth-order valence-corrected chi connectivity index (χ4v) is 4.90. The maximum absolute atomic E-state index is 4.89. The van der Waals surface area contributed by atoms with E-state index < -0.39 is 0 Å². The molecule has 136 valence electrons. The summed E-state index contributed by atoms with van der Waals surface area (Å²) in [6, 6.07) is 8.97. The second-order valence-corrected chi connectivity index (χ2v) is 9.24. The van der Waals surface area contributed by atoms with Crippen LogP contribution in [0.1, 0.15) is 62.7 Å². The number of hydrogen-bond acceptors (Lipinski definition) is 3. The van der Waals surface area contributed by atoms with Crippen molar-refractivity contribution in [3.8, 4) is 10.4 Å². The summed E-state index contributed by atoms with van der Waals surface area (Å²) >= 11 is 1.88. The van der Waals surface area contributed by atoms with Crippen LogP contribution in [0.3, 0.4) is 0 Å². The Hall–Kier alpha value is -1.19. The van der Waals surface area contributed by atoms with E-state index in [1.54, 1.807) is 0 Å². The lowest BCUT2D eigenvalue weighted by atomic mass is 9.87. The molecule has 0 aliphatic carbocycles. The predicted molar refractivity (Wildman–Crippen MR) is 109 cm³/mol. The molecular formula is C22H32N2S. The third-order valence-electron chi connectivity index (χ3n) is 5.59. The Bertz CT molecular complexity index is 694. The molecule has 1 fully saturated rings. The molecule has 0 radical (unpaired) electrons. The molecule has 2 nitrogen and oxygen atoms in total. The number of nitrogens with zero attached hydrogens (tertiary/aromatic N) is 2. The SMILES string of the molecule is Cc1nc(CN2CCC(C(C)C)CC2)sc1-c1cccc(C(C)C)c1. The van der Waals surface area contributed by atoms with E-state index in [-0.39, 0.29) is 0 Å².